The number of halogens is 1. The van der Waals surface area contributed by atoms with Crippen LogP contribution in [-0.2, 0) is 11.8 Å². The SMILES string of the molecule is Cc1ccc(C(C)(C)C)cc1CC(C)CCl. The standard InChI is InChI=1S/C15H23Cl/c1-11(10-16)8-13-9-14(15(3,4)5)7-6-12(13)2/h6-7,9,11H,8,10H2,1-5H3. The summed E-state index contributed by atoms with van der Waals surface area (Å²) in [5, 5.41) is 0. The molecule has 0 bridgehead atoms. The summed E-state index contributed by atoms with van der Waals surface area (Å²) in [6.07, 6.45) is 1.08. The van der Waals surface area contributed by atoms with Gasteiger partial charge in [0.1, 0.15) is 0 Å². The van der Waals surface area contributed by atoms with E-state index in [2.05, 4.69) is 52.8 Å². The van der Waals surface area contributed by atoms with Gasteiger partial charge in [-0.2, -0.15) is 0 Å². The lowest BCUT2D eigenvalue weighted by Crippen LogP contribution is -2.12. The molecule has 0 saturated carbocycles. The van der Waals surface area contributed by atoms with Crippen LogP contribution in [0.2, 0.25) is 0 Å². The molecule has 0 heterocycles. The van der Waals surface area contributed by atoms with Crippen molar-refractivity contribution < 1.29 is 0 Å². The second-order valence-corrected chi connectivity index (χ2v) is 6.16. The van der Waals surface area contributed by atoms with Gasteiger partial charge in [0, 0.05) is 5.88 Å². The molecule has 0 fully saturated rings. The highest BCUT2D eigenvalue weighted by atomic mass is 35.5. The van der Waals surface area contributed by atoms with E-state index in [-0.39, 0.29) is 5.41 Å². The summed E-state index contributed by atoms with van der Waals surface area (Å²) in [5.41, 5.74) is 4.47. The fraction of sp³-hybridized carbons (Fsp3) is 0.600. The van der Waals surface area contributed by atoms with Gasteiger partial charge in [0.05, 0.1) is 0 Å². The van der Waals surface area contributed by atoms with Crippen LogP contribution in [0.1, 0.15) is 44.4 Å². The Labute approximate surface area is 105 Å². The lowest BCUT2D eigenvalue weighted by atomic mass is 9.84. The monoisotopic (exact) mass is 238 g/mol. The minimum Gasteiger partial charge on any atom is -0.126 e. The fourth-order valence-corrected chi connectivity index (χ4v) is 1.90. The third kappa shape index (κ3) is 3.52. The molecule has 0 saturated heterocycles. The van der Waals surface area contributed by atoms with E-state index in [0.29, 0.717) is 5.92 Å². The van der Waals surface area contributed by atoms with Crippen LogP contribution in [-0.4, -0.2) is 5.88 Å². The van der Waals surface area contributed by atoms with Gasteiger partial charge in [-0.25, -0.2) is 0 Å². The molecule has 0 aromatic heterocycles. The van der Waals surface area contributed by atoms with Gasteiger partial charge in [0.15, 0.2) is 0 Å². The Morgan fingerprint density at radius 3 is 2.38 bits per heavy atom. The maximum atomic E-state index is 5.88. The predicted molar refractivity (Wildman–Crippen MR) is 73.5 cm³/mol. The normalized spacial score (nSPS) is 13.9. The first-order valence-electron chi connectivity index (χ1n) is 6.00. The number of rotatable bonds is 3. The van der Waals surface area contributed by atoms with Crippen LogP contribution in [0.15, 0.2) is 18.2 Å². The van der Waals surface area contributed by atoms with Crippen LogP contribution in [0.5, 0.6) is 0 Å². The molecular weight excluding hydrogens is 216 g/mol. The third-order valence-electron chi connectivity index (χ3n) is 3.05. The quantitative estimate of drug-likeness (QED) is 0.669. The molecule has 0 N–H and O–H groups in total. The van der Waals surface area contributed by atoms with Crippen LogP contribution in [0.4, 0.5) is 0 Å². The van der Waals surface area contributed by atoms with Gasteiger partial charge in [0.25, 0.3) is 0 Å². The molecule has 1 heteroatoms. The third-order valence-corrected chi connectivity index (χ3v) is 3.57. The fourth-order valence-electron chi connectivity index (χ4n) is 1.79. The first kappa shape index (κ1) is 13.6. The Morgan fingerprint density at radius 1 is 1.25 bits per heavy atom. The summed E-state index contributed by atoms with van der Waals surface area (Å²) in [4.78, 5) is 0. The zero-order valence-electron chi connectivity index (χ0n) is 11.1. The molecule has 1 unspecified atom stereocenters. The highest BCUT2D eigenvalue weighted by molar-refractivity contribution is 6.18. The Hall–Kier alpha value is -0.490. The van der Waals surface area contributed by atoms with Gasteiger partial charge in [-0.1, -0.05) is 45.9 Å². The van der Waals surface area contributed by atoms with Gasteiger partial charge >= 0.3 is 0 Å². The van der Waals surface area contributed by atoms with Crippen LogP contribution in [0.25, 0.3) is 0 Å². The summed E-state index contributed by atoms with van der Waals surface area (Å²) in [5.74, 6) is 1.29. The summed E-state index contributed by atoms with van der Waals surface area (Å²) < 4.78 is 0. The maximum absolute atomic E-state index is 5.88. The van der Waals surface area contributed by atoms with Gasteiger partial charge in [-0.15, -0.1) is 11.6 Å². The minimum atomic E-state index is 0.229. The van der Waals surface area contributed by atoms with E-state index in [0.717, 1.165) is 12.3 Å². The van der Waals surface area contributed by atoms with E-state index in [1.165, 1.54) is 16.7 Å². The van der Waals surface area contributed by atoms with Gasteiger partial charge in [-0.05, 0) is 41.4 Å². The first-order valence-corrected chi connectivity index (χ1v) is 6.54. The molecule has 0 nitrogen and oxygen atoms in total. The molecule has 0 aliphatic carbocycles. The molecular formula is C15H23Cl. The number of hydrogen-bond acceptors (Lipinski definition) is 0. The molecule has 1 aromatic rings. The Kier molecular flexibility index (Phi) is 4.43. The average Bonchev–Trinajstić information content (AvgIpc) is 2.19. The van der Waals surface area contributed by atoms with Crippen molar-refractivity contribution in [2.75, 3.05) is 5.88 Å². The van der Waals surface area contributed by atoms with Crippen molar-refractivity contribution in [2.24, 2.45) is 5.92 Å². The van der Waals surface area contributed by atoms with Crippen molar-refractivity contribution in [3.63, 3.8) is 0 Å². The average molecular weight is 239 g/mol. The molecule has 1 atom stereocenters. The van der Waals surface area contributed by atoms with E-state index >= 15 is 0 Å². The largest absolute Gasteiger partial charge is 0.126 e. The van der Waals surface area contributed by atoms with Crippen molar-refractivity contribution in [2.45, 2.75) is 46.5 Å². The lowest BCUT2D eigenvalue weighted by Gasteiger charge is -2.21. The summed E-state index contributed by atoms with van der Waals surface area (Å²) in [6, 6.07) is 6.82. The van der Waals surface area contributed by atoms with Crippen LogP contribution < -0.4 is 0 Å². The van der Waals surface area contributed by atoms with Crippen LogP contribution in [0.3, 0.4) is 0 Å². The van der Waals surface area contributed by atoms with Crippen molar-refractivity contribution in [1.82, 2.24) is 0 Å². The highest BCUT2D eigenvalue weighted by Crippen LogP contribution is 2.25. The van der Waals surface area contributed by atoms with Crippen molar-refractivity contribution in [3.8, 4) is 0 Å². The lowest BCUT2D eigenvalue weighted by molar-refractivity contribution is 0.586. The second kappa shape index (κ2) is 5.23. The molecule has 0 aliphatic rings. The highest BCUT2D eigenvalue weighted by Gasteiger charge is 2.15. The van der Waals surface area contributed by atoms with Gasteiger partial charge < -0.3 is 0 Å². The number of aryl methyl sites for hydroxylation is 1. The van der Waals surface area contributed by atoms with Crippen molar-refractivity contribution in [3.05, 3.63) is 34.9 Å². The molecule has 1 rings (SSSR count). The Bertz CT molecular complexity index is 347. The molecule has 0 radical (unpaired) electrons. The first-order chi connectivity index (χ1) is 7.34. The number of alkyl halides is 1. The van der Waals surface area contributed by atoms with E-state index in [9.17, 15) is 0 Å². The van der Waals surface area contributed by atoms with E-state index < -0.39 is 0 Å². The Balaban J connectivity index is 3.00. The summed E-state index contributed by atoms with van der Waals surface area (Å²) in [6.45, 7) is 11.2. The van der Waals surface area contributed by atoms with Crippen molar-refractivity contribution in [1.29, 1.82) is 0 Å². The van der Waals surface area contributed by atoms with Gasteiger partial charge in [-0.3, -0.25) is 0 Å². The predicted octanol–water partition coefficient (Wildman–Crippen LogP) is 4.71. The van der Waals surface area contributed by atoms with Crippen LogP contribution in [0, 0.1) is 12.8 Å². The summed E-state index contributed by atoms with van der Waals surface area (Å²) in [7, 11) is 0. The molecule has 90 valence electrons. The molecule has 16 heavy (non-hydrogen) atoms. The zero-order valence-corrected chi connectivity index (χ0v) is 11.9. The smallest absolute Gasteiger partial charge is 0.0252 e. The topological polar surface area (TPSA) is 0 Å². The van der Waals surface area contributed by atoms with Crippen molar-refractivity contribution >= 4 is 11.6 Å². The van der Waals surface area contributed by atoms with E-state index in [4.69, 9.17) is 11.6 Å². The van der Waals surface area contributed by atoms with Gasteiger partial charge in [0.2, 0.25) is 0 Å². The molecule has 0 spiro atoms. The minimum absolute atomic E-state index is 0.229. The second-order valence-electron chi connectivity index (χ2n) is 5.85. The summed E-state index contributed by atoms with van der Waals surface area (Å²) >= 11 is 5.88. The van der Waals surface area contributed by atoms with Crippen LogP contribution >= 0.6 is 11.6 Å². The molecule has 0 amide bonds. The number of hydrogen-bond donors (Lipinski definition) is 0. The molecule has 1 aromatic carbocycles. The number of benzene rings is 1. The molecule has 0 aliphatic heterocycles. The Morgan fingerprint density at radius 2 is 1.88 bits per heavy atom. The van der Waals surface area contributed by atoms with E-state index in [1.807, 2.05) is 0 Å². The zero-order chi connectivity index (χ0) is 12.3. The van der Waals surface area contributed by atoms with E-state index in [1.54, 1.807) is 0 Å². The maximum Gasteiger partial charge on any atom is 0.0252 e.